The summed E-state index contributed by atoms with van der Waals surface area (Å²) in [4.78, 5) is 11.3. The van der Waals surface area contributed by atoms with Crippen LogP contribution in [0.2, 0.25) is 0 Å². The van der Waals surface area contributed by atoms with E-state index in [0.717, 1.165) is 12.5 Å². The highest BCUT2D eigenvalue weighted by molar-refractivity contribution is 7.91. The predicted octanol–water partition coefficient (Wildman–Crippen LogP) is 1.19. The SMILES string of the molecule is CC(O)(CS(=O)(=O)c1ccccc1Cc1ccc(OCC#N)cc1)C(N)=O. The summed E-state index contributed by atoms with van der Waals surface area (Å²) in [6.45, 7) is 1.02. The molecule has 142 valence electrons. The Morgan fingerprint density at radius 3 is 2.44 bits per heavy atom. The van der Waals surface area contributed by atoms with E-state index in [9.17, 15) is 18.3 Å². The monoisotopic (exact) mass is 388 g/mol. The topological polar surface area (TPSA) is 130 Å². The van der Waals surface area contributed by atoms with E-state index in [1.807, 2.05) is 6.07 Å². The number of primary amides is 1. The average Bonchev–Trinajstić information content (AvgIpc) is 2.60. The lowest BCUT2D eigenvalue weighted by Crippen LogP contribution is -2.46. The van der Waals surface area contributed by atoms with Gasteiger partial charge in [0.2, 0.25) is 5.91 Å². The Balaban J connectivity index is 2.28. The van der Waals surface area contributed by atoms with Crippen molar-refractivity contribution in [3.05, 3.63) is 59.7 Å². The Labute approximate surface area is 157 Å². The predicted molar refractivity (Wildman–Crippen MR) is 98.7 cm³/mol. The number of nitrogens with zero attached hydrogens (tertiary/aromatic N) is 1. The van der Waals surface area contributed by atoms with Crippen molar-refractivity contribution in [2.24, 2.45) is 5.73 Å². The van der Waals surface area contributed by atoms with Crippen molar-refractivity contribution in [3.8, 4) is 11.8 Å². The van der Waals surface area contributed by atoms with E-state index in [-0.39, 0.29) is 11.5 Å². The van der Waals surface area contributed by atoms with Gasteiger partial charge in [-0.05, 0) is 42.7 Å². The third kappa shape index (κ3) is 5.29. The smallest absolute Gasteiger partial charge is 0.250 e. The van der Waals surface area contributed by atoms with Gasteiger partial charge in [0, 0.05) is 0 Å². The van der Waals surface area contributed by atoms with E-state index in [4.69, 9.17) is 15.7 Å². The summed E-state index contributed by atoms with van der Waals surface area (Å²) in [7, 11) is -3.95. The van der Waals surface area contributed by atoms with Gasteiger partial charge in [0.05, 0.1) is 10.6 Å². The van der Waals surface area contributed by atoms with Gasteiger partial charge >= 0.3 is 0 Å². The number of sulfone groups is 1. The van der Waals surface area contributed by atoms with Crippen molar-refractivity contribution < 1.29 is 23.1 Å². The molecule has 0 saturated heterocycles. The molecule has 8 heteroatoms. The van der Waals surface area contributed by atoms with E-state index in [1.165, 1.54) is 6.07 Å². The second kappa shape index (κ2) is 8.20. The fraction of sp³-hybridized carbons (Fsp3) is 0.263. The maximum Gasteiger partial charge on any atom is 0.250 e. The molecule has 1 amide bonds. The largest absolute Gasteiger partial charge is 0.479 e. The van der Waals surface area contributed by atoms with E-state index >= 15 is 0 Å². The van der Waals surface area contributed by atoms with Crippen LogP contribution in [0, 0.1) is 11.3 Å². The lowest BCUT2D eigenvalue weighted by molar-refractivity contribution is -0.132. The highest BCUT2D eigenvalue weighted by Crippen LogP contribution is 2.24. The maximum atomic E-state index is 12.7. The first-order chi connectivity index (χ1) is 12.7. The first-order valence-electron chi connectivity index (χ1n) is 8.07. The zero-order chi connectivity index (χ0) is 20.1. The molecule has 0 aromatic heterocycles. The third-order valence-electron chi connectivity index (χ3n) is 3.93. The molecule has 1 atom stereocenters. The van der Waals surface area contributed by atoms with Crippen LogP contribution in [-0.4, -0.2) is 37.4 Å². The number of nitriles is 1. The number of amides is 1. The molecule has 0 aliphatic heterocycles. The molecule has 3 N–H and O–H groups in total. The molecule has 2 aromatic carbocycles. The molecule has 0 saturated carbocycles. The van der Waals surface area contributed by atoms with Crippen molar-refractivity contribution >= 4 is 15.7 Å². The molecular weight excluding hydrogens is 368 g/mol. The number of benzene rings is 2. The Bertz CT molecular complexity index is 960. The number of hydrogen-bond acceptors (Lipinski definition) is 6. The standard InChI is InChI=1S/C19H20N2O5S/c1-19(23,18(21)22)13-27(24,25)17-5-3-2-4-15(17)12-14-6-8-16(9-7-14)26-11-10-20/h2-9,23H,11-13H2,1H3,(H2,21,22). The minimum absolute atomic E-state index is 0.0383. The van der Waals surface area contributed by atoms with Crippen molar-refractivity contribution in [2.75, 3.05) is 12.4 Å². The number of carbonyl (C=O) groups excluding carboxylic acids is 1. The molecule has 2 rings (SSSR count). The van der Waals surface area contributed by atoms with Gasteiger partial charge in [-0.25, -0.2) is 8.42 Å². The van der Waals surface area contributed by atoms with Crippen LogP contribution in [-0.2, 0) is 21.1 Å². The first kappa shape index (κ1) is 20.4. The van der Waals surface area contributed by atoms with Crippen LogP contribution in [0.15, 0.2) is 53.4 Å². The summed E-state index contributed by atoms with van der Waals surface area (Å²) < 4.78 is 30.6. The van der Waals surface area contributed by atoms with Gasteiger partial charge in [-0.3, -0.25) is 4.79 Å². The lowest BCUT2D eigenvalue weighted by Gasteiger charge is -2.20. The van der Waals surface area contributed by atoms with Gasteiger partial charge in [0.1, 0.15) is 11.8 Å². The average molecular weight is 388 g/mol. The summed E-state index contributed by atoms with van der Waals surface area (Å²) in [6.07, 6.45) is 0.326. The zero-order valence-electron chi connectivity index (χ0n) is 14.8. The molecule has 27 heavy (non-hydrogen) atoms. The zero-order valence-corrected chi connectivity index (χ0v) is 15.6. The number of aliphatic hydroxyl groups is 1. The summed E-state index contributed by atoms with van der Waals surface area (Å²) in [5.74, 6) is -1.36. The van der Waals surface area contributed by atoms with Gasteiger partial charge in [0.25, 0.3) is 0 Å². The normalized spacial score (nSPS) is 13.4. The van der Waals surface area contributed by atoms with Gasteiger partial charge in [0.15, 0.2) is 22.0 Å². The molecule has 0 bridgehead atoms. The van der Waals surface area contributed by atoms with Crippen LogP contribution in [0.4, 0.5) is 0 Å². The van der Waals surface area contributed by atoms with Crippen LogP contribution < -0.4 is 10.5 Å². The fourth-order valence-corrected chi connectivity index (χ4v) is 4.37. The second-order valence-electron chi connectivity index (χ2n) is 6.27. The molecule has 0 aliphatic carbocycles. The van der Waals surface area contributed by atoms with E-state index < -0.39 is 27.1 Å². The number of ether oxygens (including phenoxy) is 1. The molecule has 1 unspecified atom stereocenters. The van der Waals surface area contributed by atoms with Gasteiger partial charge in [-0.1, -0.05) is 30.3 Å². The number of rotatable bonds is 8. The first-order valence-corrected chi connectivity index (χ1v) is 9.72. The van der Waals surface area contributed by atoms with Crippen molar-refractivity contribution in [1.82, 2.24) is 0 Å². The maximum absolute atomic E-state index is 12.7. The van der Waals surface area contributed by atoms with Gasteiger partial charge in [-0.15, -0.1) is 0 Å². The number of hydrogen-bond donors (Lipinski definition) is 2. The summed E-state index contributed by atoms with van der Waals surface area (Å²) in [5, 5.41) is 18.5. The number of nitrogens with two attached hydrogens (primary N) is 1. The molecule has 0 spiro atoms. The van der Waals surface area contributed by atoms with Gasteiger partial charge in [-0.2, -0.15) is 5.26 Å². The Kier molecular flexibility index (Phi) is 6.20. The summed E-state index contributed by atoms with van der Waals surface area (Å²) >= 11 is 0. The minimum Gasteiger partial charge on any atom is -0.479 e. The highest BCUT2D eigenvalue weighted by atomic mass is 32.2. The third-order valence-corrected chi connectivity index (χ3v) is 5.94. The Morgan fingerprint density at radius 1 is 1.22 bits per heavy atom. The lowest BCUT2D eigenvalue weighted by atomic mass is 10.1. The van der Waals surface area contributed by atoms with E-state index in [1.54, 1.807) is 42.5 Å². The van der Waals surface area contributed by atoms with Crippen LogP contribution >= 0.6 is 0 Å². The van der Waals surface area contributed by atoms with Crippen LogP contribution in [0.1, 0.15) is 18.1 Å². The quantitative estimate of drug-likeness (QED) is 0.698. The highest BCUT2D eigenvalue weighted by Gasteiger charge is 2.35. The molecular formula is C19H20N2O5S. The van der Waals surface area contributed by atoms with Gasteiger partial charge < -0.3 is 15.6 Å². The van der Waals surface area contributed by atoms with Crippen molar-refractivity contribution in [2.45, 2.75) is 23.8 Å². The minimum atomic E-state index is -3.95. The van der Waals surface area contributed by atoms with E-state index in [2.05, 4.69) is 0 Å². The van der Waals surface area contributed by atoms with Crippen LogP contribution in [0.3, 0.4) is 0 Å². The van der Waals surface area contributed by atoms with E-state index in [0.29, 0.717) is 17.7 Å². The van der Waals surface area contributed by atoms with Crippen molar-refractivity contribution in [3.63, 3.8) is 0 Å². The molecule has 2 aromatic rings. The molecule has 0 fully saturated rings. The second-order valence-corrected chi connectivity index (χ2v) is 8.23. The fourth-order valence-electron chi connectivity index (χ4n) is 2.51. The Morgan fingerprint density at radius 2 is 1.85 bits per heavy atom. The van der Waals surface area contributed by atoms with Crippen molar-refractivity contribution in [1.29, 1.82) is 5.26 Å². The summed E-state index contributed by atoms with van der Waals surface area (Å²) in [5.41, 5.74) is 4.29. The molecule has 0 heterocycles. The number of carbonyl (C=O) groups is 1. The molecule has 7 nitrogen and oxygen atoms in total. The van der Waals surface area contributed by atoms with Crippen LogP contribution in [0.25, 0.3) is 0 Å². The van der Waals surface area contributed by atoms with Crippen LogP contribution in [0.5, 0.6) is 5.75 Å². The molecule has 0 radical (unpaired) electrons. The summed E-state index contributed by atoms with van der Waals surface area (Å²) in [6, 6.07) is 15.2. The molecule has 0 aliphatic rings. The Hall–Kier alpha value is -2.89.